The summed E-state index contributed by atoms with van der Waals surface area (Å²) in [4.78, 5) is 15.2. The van der Waals surface area contributed by atoms with Crippen LogP contribution in [0.15, 0.2) is 48.5 Å². The zero-order valence-electron chi connectivity index (χ0n) is 18.5. The maximum absolute atomic E-state index is 14.8. The molecule has 1 aliphatic heterocycles. The number of ether oxygens (including phenoxy) is 1. The zero-order chi connectivity index (χ0) is 22.9. The SMILES string of the molecule is COc1ccccc1[C@H](C)C(=O)N1C[C@@H]2C[C@@H](CC#N)C[C@@](O)(c3ccccc3F)[C@@H]2C1. The second-order valence-corrected chi connectivity index (χ2v) is 9.15. The van der Waals surface area contributed by atoms with E-state index in [1.165, 1.54) is 6.07 Å². The largest absolute Gasteiger partial charge is 0.496 e. The number of para-hydroxylation sites is 1. The maximum Gasteiger partial charge on any atom is 0.229 e. The van der Waals surface area contributed by atoms with Crippen molar-refractivity contribution in [3.05, 3.63) is 65.5 Å². The van der Waals surface area contributed by atoms with Crippen LogP contribution in [-0.2, 0) is 10.4 Å². The van der Waals surface area contributed by atoms with Gasteiger partial charge in [-0.3, -0.25) is 4.79 Å². The van der Waals surface area contributed by atoms with Crippen LogP contribution in [0.4, 0.5) is 4.39 Å². The first kappa shape index (κ1) is 22.3. The van der Waals surface area contributed by atoms with Crippen LogP contribution < -0.4 is 4.74 Å². The minimum absolute atomic E-state index is 0.0144. The molecule has 1 amide bonds. The van der Waals surface area contributed by atoms with E-state index in [4.69, 9.17) is 4.74 Å². The highest BCUT2D eigenvalue weighted by molar-refractivity contribution is 5.84. The van der Waals surface area contributed by atoms with E-state index in [1.54, 1.807) is 30.2 Å². The molecular weight excluding hydrogens is 407 g/mol. The highest BCUT2D eigenvalue weighted by atomic mass is 19.1. The van der Waals surface area contributed by atoms with Gasteiger partial charge >= 0.3 is 0 Å². The molecule has 4 rings (SSSR count). The minimum atomic E-state index is -1.40. The summed E-state index contributed by atoms with van der Waals surface area (Å²) < 4.78 is 20.2. The fraction of sp³-hybridized carbons (Fsp3) is 0.462. The van der Waals surface area contributed by atoms with E-state index in [2.05, 4.69) is 6.07 Å². The quantitative estimate of drug-likeness (QED) is 0.762. The van der Waals surface area contributed by atoms with Crippen molar-refractivity contribution in [3.63, 3.8) is 0 Å². The van der Waals surface area contributed by atoms with Crippen LogP contribution in [0.3, 0.4) is 0 Å². The molecule has 1 N–H and O–H groups in total. The Balaban J connectivity index is 1.63. The number of fused-ring (bicyclic) bond motifs is 1. The minimum Gasteiger partial charge on any atom is -0.496 e. The number of carbonyl (C=O) groups excluding carboxylic acids is 1. The molecule has 2 fully saturated rings. The van der Waals surface area contributed by atoms with Gasteiger partial charge in [0.05, 0.1) is 24.7 Å². The molecule has 0 unspecified atom stereocenters. The summed E-state index contributed by atoms with van der Waals surface area (Å²) in [6.07, 6.45) is 1.39. The van der Waals surface area contributed by atoms with Crippen LogP contribution in [0.25, 0.3) is 0 Å². The van der Waals surface area contributed by atoms with Gasteiger partial charge in [-0.2, -0.15) is 5.26 Å². The van der Waals surface area contributed by atoms with Gasteiger partial charge in [-0.05, 0) is 43.7 Å². The van der Waals surface area contributed by atoms with Crippen molar-refractivity contribution in [2.24, 2.45) is 17.8 Å². The summed E-state index contributed by atoms with van der Waals surface area (Å²) in [6, 6.07) is 16.0. The Morgan fingerprint density at radius 1 is 1.28 bits per heavy atom. The summed E-state index contributed by atoms with van der Waals surface area (Å²) in [5, 5.41) is 21.1. The molecule has 0 spiro atoms. The van der Waals surface area contributed by atoms with E-state index >= 15 is 0 Å². The molecule has 0 aromatic heterocycles. The van der Waals surface area contributed by atoms with Gasteiger partial charge in [0.15, 0.2) is 0 Å². The molecule has 0 bridgehead atoms. The third-order valence-electron chi connectivity index (χ3n) is 7.30. The van der Waals surface area contributed by atoms with Crippen molar-refractivity contribution >= 4 is 5.91 Å². The lowest BCUT2D eigenvalue weighted by molar-refractivity contribution is -0.132. The zero-order valence-corrected chi connectivity index (χ0v) is 18.5. The van der Waals surface area contributed by atoms with Crippen molar-refractivity contribution in [2.75, 3.05) is 20.2 Å². The molecule has 2 aliphatic rings. The molecule has 32 heavy (non-hydrogen) atoms. The molecule has 1 heterocycles. The first-order valence-corrected chi connectivity index (χ1v) is 11.1. The molecule has 1 aliphatic carbocycles. The van der Waals surface area contributed by atoms with Crippen LogP contribution in [-0.4, -0.2) is 36.1 Å². The molecule has 168 valence electrons. The molecular formula is C26H29FN2O3. The lowest BCUT2D eigenvalue weighted by Gasteiger charge is -2.44. The number of likely N-dealkylation sites (tertiary alicyclic amines) is 1. The van der Waals surface area contributed by atoms with E-state index in [9.17, 15) is 19.6 Å². The summed E-state index contributed by atoms with van der Waals surface area (Å²) in [6.45, 7) is 2.73. The second kappa shape index (κ2) is 8.91. The Morgan fingerprint density at radius 3 is 2.72 bits per heavy atom. The maximum atomic E-state index is 14.8. The predicted octanol–water partition coefficient (Wildman–Crippen LogP) is 4.22. The highest BCUT2D eigenvalue weighted by Gasteiger charge is 2.54. The van der Waals surface area contributed by atoms with Gasteiger partial charge < -0.3 is 14.7 Å². The summed E-state index contributed by atoms with van der Waals surface area (Å²) >= 11 is 0. The van der Waals surface area contributed by atoms with Gasteiger partial charge in [0.25, 0.3) is 0 Å². The van der Waals surface area contributed by atoms with Crippen molar-refractivity contribution in [2.45, 2.75) is 37.7 Å². The van der Waals surface area contributed by atoms with E-state index < -0.39 is 17.3 Å². The number of nitrogens with zero attached hydrogens (tertiary/aromatic N) is 2. The first-order chi connectivity index (χ1) is 15.4. The molecule has 0 radical (unpaired) electrons. The third-order valence-corrected chi connectivity index (χ3v) is 7.30. The van der Waals surface area contributed by atoms with Crippen molar-refractivity contribution < 1.29 is 19.0 Å². The normalized spacial score (nSPS) is 28.0. The van der Waals surface area contributed by atoms with E-state index in [0.29, 0.717) is 31.7 Å². The summed E-state index contributed by atoms with van der Waals surface area (Å²) in [5.41, 5.74) is -0.315. The number of nitriles is 1. The number of hydrogen-bond donors (Lipinski definition) is 1. The van der Waals surface area contributed by atoms with Crippen molar-refractivity contribution in [1.29, 1.82) is 5.26 Å². The predicted molar refractivity (Wildman–Crippen MR) is 118 cm³/mol. The Kier molecular flexibility index (Phi) is 6.21. The van der Waals surface area contributed by atoms with Gasteiger partial charge in [0.1, 0.15) is 11.6 Å². The third kappa shape index (κ3) is 3.86. The molecule has 6 heteroatoms. The fourth-order valence-electron chi connectivity index (χ4n) is 5.77. The number of halogens is 1. The molecule has 2 aromatic carbocycles. The lowest BCUT2D eigenvalue weighted by Crippen LogP contribution is -2.46. The Bertz CT molecular complexity index is 1040. The van der Waals surface area contributed by atoms with E-state index in [-0.39, 0.29) is 29.2 Å². The van der Waals surface area contributed by atoms with Crippen molar-refractivity contribution in [1.82, 2.24) is 4.90 Å². The summed E-state index contributed by atoms with van der Waals surface area (Å²) in [7, 11) is 1.59. The van der Waals surface area contributed by atoms with Crippen LogP contribution in [0, 0.1) is 34.9 Å². The molecule has 1 saturated carbocycles. The van der Waals surface area contributed by atoms with Gasteiger partial charge in [-0.1, -0.05) is 36.4 Å². The number of hydrogen-bond acceptors (Lipinski definition) is 4. The highest BCUT2D eigenvalue weighted by Crippen LogP contribution is 2.51. The average molecular weight is 437 g/mol. The van der Waals surface area contributed by atoms with Gasteiger partial charge in [-0.25, -0.2) is 4.39 Å². The second-order valence-electron chi connectivity index (χ2n) is 9.15. The number of benzene rings is 2. The van der Waals surface area contributed by atoms with Gasteiger partial charge in [-0.15, -0.1) is 0 Å². The van der Waals surface area contributed by atoms with Crippen LogP contribution in [0.5, 0.6) is 5.75 Å². The van der Waals surface area contributed by atoms with Crippen LogP contribution in [0.1, 0.15) is 43.2 Å². The van der Waals surface area contributed by atoms with Gasteiger partial charge in [0, 0.05) is 36.6 Å². The Hall–Kier alpha value is -2.91. The average Bonchev–Trinajstić information content (AvgIpc) is 3.23. The molecule has 5 nitrogen and oxygen atoms in total. The Morgan fingerprint density at radius 2 is 2.00 bits per heavy atom. The number of methoxy groups -OCH3 is 1. The fourth-order valence-corrected chi connectivity index (χ4v) is 5.77. The monoisotopic (exact) mass is 436 g/mol. The lowest BCUT2D eigenvalue weighted by atomic mass is 9.63. The number of aliphatic hydroxyl groups is 1. The van der Waals surface area contributed by atoms with Crippen LogP contribution >= 0.6 is 0 Å². The molecule has 2 aromatic rings. The number of rotatable bonds is 5. The first-order valence-electron chi connectivity index (χ1n) is 11.1. The summed E-state index contributed by atoms with van der Waals surface area (Å²) in [5.74, 6) is -0.504. The topological polar surface area (TPSA) is 73.6 Å². The van der Waals surface area contributed by atoms with Crippen molar-refractivity contribution in [3.8, 4) is 11.8 Å². The standard InChI is InChI=1S/C26H29FN2O3/c1-17(20-7-3-6-10-24(20)32-2)25(30)29-15-19-13-18(11-12-28)14-26(31,22(19)16-29)21-8-4-5-9-23(21)27/h3-10,17-19,22,31H,11,13-16H2,1-2H3/t17-,18+,19-,22+,26+/m0/s1. The van der Waals surface area contributed by atoms with E-state index in [1.807, 2.05) is 31.2 Å². The smallest absolute Gasteiger partial charge is 0.229 e. The van der Waals surface area contributed by atoms with E-state index in [0.717, 1.165) is 12.0 Å². The molecule has 1 saturated heterocycles. The van der Waals surface area contributed by atoms with Gasteiger partial charge in [0.2, 0.25) is 5.91 Å². The Labute approximate surface area is 188 Å². The molecule has 5 atom stereocenters. The van der Waals surface area contributed by atoms with Crippen LogP contribution in [0.2, 0.25) is 0 Å². The number of carbonyl (C=O) groups is 1. The number of amides is 1.